The third kappa shape index (κ3) is 3.79. The van der Waals surface area contributed by atoms with E-state index in [0.29, 0.717) is 5.92 Å². The predicted molar refractivity (Wildman–Crippen MR) is 111 cm³/mol. The highest BCUT2D eigenvalue weighted by Crippen LogP contribution is 2.40. The largest absolute Gasteiger partial charge is 0.0839 e. The van der Waals surface area contributed by atoms with Gasteiger partial charge in [-0.1, -0.05) is 80.4 Å². The first-order valence-corrected chi connectivity index (χ1v) is 9.68. The summed E-state index contributed by atoms with van der Waals surface area (Å²) in [4.78, 5) is 0. The highest BCUT2D eigenvalue weighted by atomic mass is 14.2. The summed E-state index contributed by atoms with van der Waals surface area (Å²) in [5.74, 6) is 0.627. The molecule has 1 aliphatic carbocycles. The Bertz CT molecular complexity index is 787. The summed E-state index contributed by atoms with van der Waals surface area (Å²) in [7, 11) is 0. The molecule has 25 heavy (non-hydrogen) atoms. The molecule has 0 saturated heterocycles. The first kappa shape index (κ1) is 17.7. The van der Waals surface area contributed by atoms with E-state index < -0.39 is 0 Å². The quantitative estimate of drug-likeness (QED) is 0.532. The van der Waals surface area contributed by atoms with E-state index in [1.807, 2.05) is 0 Å². The minimum Gasteiger partial charge on any atom is -0.0839 e. The zero-order valence-corrected chi connectivity index (χ0v) is 16.1. The molecule has 1 atom stereocenters. The fourth-order valence-corrected chi connectivity index (χ4v) is 4.04. The fraction of sp³-hybridized carbons (Fsp3) is 0.360. The molecule has 0 radical (unpaired) electrons. The van der Waals surface area contributed by atoms with E-state index in [4.69, 9.17) is 0 Å². The van der Waals surface area contributed by atoms with Gasteiger partial charge in [0.1, 0.15) is 0 Å². The summed E-state index contributed by atoms with van der Waals surface area (Å²) < 4.78 is 0. The highest BCUT2D eigenvalue weighted by Gasteiger charge is 2.20. The van der Waals surface area contributed by atoms with Gasteiger partial charge in [-0.2, -0.15) is 0 Å². The average Bonchev–Trinajstić information content (AvgIpc) is 2.62. The van der Waals surface area contributed by atoms with Crippen LogP contribution in [0, 0.1) is 19.8 Å². The van der Waals surface area contributed by atoms with Gasteiger partial charge in [-0.25, -0.2) is 0 Å². The molecule has 0 aromatic heterocycles. The van der Waals surface area contributed by atoms with E-state index in [1.165, 1.54) is 40.7 Å². The van der Waals surface area contributed by atoms with Crippen LogP contribution in [0.2, 0.25) is 0 Å². The van der Waals surface area contributed by atoms with Crippen LogP contribution in [0.1, 0.15) is 56.2 Å². The van der Waals surface area contributed by atoms with Gasteiger partial charge in [0.2, 0.25) is 0 Å². The van der Waals surface area contributed by atoms with E-state index >= 15 is 0 Å². The van der Waals surface area contributed by atoms with Gasteiger partial charge in [-0.05, 0) is 72.4 Å². The molecule has 1 aliphatic rings. The van der Waals surface area contributed by atoms with Gasteiger partial charge in [-0.15, -0.1) is 0 Å². The maximum Gasteiger partial charge on any atom is -0.0106 e. The summed E-state index contributed by atoms with van der Waals surface area (Å²) in [5.41, 5.74) is 10.0. The SMILES string of the molecule is CCCC(C)C1=C(c2c(C)cccc2-c2ccc(C)cc2)CCC=C1. The van der Waals surface area contributed by atoms with Gasteiger partial charge < -0.3 is 0 Å². The van der Waals surface area contributed by atoms with E-state index in [1.54, 1.807) is 11.1 Å². The Hall–Kier alpha value is -2.08. The van der Waals surface area contributed by atoms with Crippen LogP contribution in [0.15, 0.2) is 60.2 Å². The summed E-state index contributed by atoms with van der Waals surface area (Å²) in [6.45, 7) is 9.09. The van der Waals surface area contributed by atoms with Crippen LogP contribution >= 0.6 is 0 Å². The number of aryl methyl sites for hydroxylation is 2. The van der Waals surface area contributed by atoms with Gasteiger partial charge >= 0.3 is 0 Å². The molecule has 0 amide bonds. The van der Waals surface area contributed by atoms with Crippen molar-refractivity contribution in [3.05, 3.63) is 76.9 Å². The monoisotopic (exact) mass is 330 g/mol. The van der Waals surface area contributed by atoms with Crippen LogP contribution in [0.5, 0.6) is 0 Å². The zero-order chi connectivity index (χ0) is 17.8. The van der Waals surface area contributed by atoms with Crippen molar-refractivity contribution in [3.63, 3.8) is 0 Å². The van der Waals surface area contributed by atoms with Crippen LogP contribution in [0.3, 0.4) is 0 Å². The van der Waals surface area contributed by atoms with Crippen molar-refractivity contribution in [2.75, 3.05) is 0 Å². The van der Waals surface area contributed by atoms with Crippen LogP contribution in [0.4, 0.5) is 0 Å². The molecule has 1 unspecified atom stereocenters. The van der Waals surface area contributed by atoms with Crippen molar-refractivity contribution >= 4 is 5.57 Å². The maximum absolute atomic E-state index is 2.39. The molecule has 0 heterocycles. The van der Waals surface area contributed by atoms with Crippen molar-refractivity contribution in [2.45, 2.75) is 53.4 Å². The molecule has 0 aliphatic heterocycles. The third-order valence-electron chi connectivity index (χ3n) is 5.40. The van der Waals surface area contributed by atoms with Crippen molar-refractivity contribution < 1.29 is 0 Å². The zero-order valence-electron chi connectivity index (χ0n) is 16.1. The Morgan fingerprint density at radius 3 is 2.48 bits per heavy atom. The summed E-state index contributed by atoms with van der Waals surface area (Å²) in [6, 6.07) is 15.7. The van der Waals surface area contributed by atoms with E-state index in [-0.39, 0.29) is 0 Å². The van der Waals surface area contributed by atoms with E-state index in [0.717, 1.165) is 12.8 Å². The lowest BCUT2D eigenvalue weighted by Gasteiger charge is -2.25. The molecule has 3 rings (SSSR count). The van der Waals surface area contributed by atoms with Crippen molar-refractivity contribution in [3.8, 4) is 11.1 Å². The molecule has 2 aromatic carbocycles. The molecular formula is C25H30. The minimum atomic E-state index is 0.627. The molecule has 2 aromatic rings. The van der Waals surface area contributed by atoms with Crippen LogP contribution < -0.4 is 0 Å². The van der Waals surface area contributed by atoms with Crippen molar-refractivity contribution in [1.29, 1.82) is 0 Å². The van der Waals surface area contributed by atoms with Gasteiger partial charge in [0, 0.05) is 0 Å². The van der Waals surface area contributed by atoms with Gasteiger partial charge in [0.05, 0.1) is 0 Å². The van der Waals surface area contributed by atoms with Crippen molar-refractivity contribution in [1.82, 2.24) is 0 Å². The summed E-state index contributed by atoms with van der Waals surface area (Å²) >= 11 is 0. The van der Waals surface area contributed by atoms with E-state index in [9.17, 15) is 0 Å². The second kappa shape index (κ2) is 7.87. The second-order valence-electron chi connectivity index (χ2n) is 7.43. The number of allylic oxidation sites excluding steroid dienone is 4. The van der Waals surface area contributed by atoms with Gasteiger partial charge in [0.25, 0.3) is 0 Å². The first-order chi connectivity index (χ1) is 12.1. The van der Waals surface area contributed by atoms with Crippen molar-refractivity contribution in [2.24, 2.45) is 5.92 Å². The highest BCUT2D eigenvalue weighted by molar-refractivity contribution is 5.86. The lowest BCUT2D eigenvalue weighted by Crippen LogP contribution is -2.06. The minimum absolute atomic E-state index is 0.627. The van der Waals surface area contributed by atoms with E-state index in [2.05, 4.69) is 82.3 Å². The van der Waals surface area contributed by atoms with Crippen LogP contribution in [-0.2, 0) is 0 Å². The summed E-state index contributed by atoms with van der Waals surface area (Å²) in [6.07, 6.45) is 9.56. The normalized spacial score (nSPS) is 15.5. The predicted octanol–water partition coefficient (Wildman–Crippen LogP) is 7.51. The number of hydrogen-bond acceptors (Lipinski definition) is 0. The van der Waals surface area contributed by atoms with Gasteiger partial charge in [-0.3, -0.25) is 0 Å². The van der Waals surface area contributed by atoms with Crippen LogP contribution in [0.25, 0.3) is 16.7 Å². The Balaban J connectivity index is 2.18. The number of benzene rings is 2. The fourth-order valence-electron chi connectivity index (χ4n) is 4.04. The number of rotatable bonds is 5. The summed E-state index contributed by atoms with van der Waals surface area (Å²) in [5, 5.41) is 0. The lowest BCUT2D eigenvalue weighted by molar-refractivity contribution is 0.610. The smallest absolute Gasteiger partial charge is 0.0106 e. The van der Waals surface area contributed by atoms with Crippen LogP contribution in [-0.4, -0.2) is 0 Å². The lowest BCUT2D eigenvalue weighted by atomic mass is 9.80. The second-order valence-corrected chi connectivity index (χ2v) is 7.43. The Morgan fingerprint density at radius 2 is 1.76 bits per heavy atom. The molecule has 0 spiro atoms. The molecule has 0 bridgehead atoms. The number of hydrogen-bond donors (Lipinski definition) is 0. The Labute approximate surface area is 153 Å². The molecule has 0 N–H and O–H groups in total. The maximum atomic E-state index is 2.39. The molecule has 130 valence electrons. The average molecular weight is 331 g/mol. The standard InChI is InChI=1S/C25H30/c1-5-9-19(3)22-11-6-7-12-24(22)25-20(4)10-8-13-23(25)21-16-14-18(2)15-17-21/h6,8,10-11,13-17,19H,5,7,9,12H2,1-4H3. The third-order valence-corrected chi connectivity index (χ3v) is 5.40. The first-order valence-electron chi connectivity index (χ1n) is 9.68. The molecule has 0 nitrogen and oxygen atoms in total. The Kier molecular flexibility index (Phi) is 5.58. The Morgan fingerprint density at radius 1 is 1.00 bits per heavy atom. The van der Waals surface area contributed by atoms with Gasteiger partial charge in [0.15, 0.2) is 0 Å². The molecule has 0 heteroatoms. The molecular weight excluding hydrogens is 300 g/mol. The topological polar surface area (TPSA) is 0 Å². The molecule has 0 fully saturated rings. The molecule has 0 saturated carbocycles.